The minimum absolute atomic E-state index is 0.107. The van der Waals surface area contributed by atoms with Crippen molar-refractivity contribution in [2.45, 2.75) is 12.7 Å². The van der Waals surface area contributed by atoms with Gasteiger partial charge in [-0.15, -0.1) is 0 Å². The molecule has 4 rings (SSSR count). The number of amides is 1. The van der Waals surface area contributed by atoms with E-state index in [2.05, 4.69) is 10.4 Å². The summed E-state index contributed by atoms with van der Waals surface area (Å²) in [5.74, 6) is -0.607. The molecule has 7 nitrogen and oxygen atoms in total. The molecule has 0 saturated carbocycles. The summed E-state index contributed by atoms with van der Waals surface area (Å²) in [6.07, 6.45) is -1.35. The monoisotopic (exact) mass is 456 g/mol. The number of nitrogens with one attached hydrogen (secondary N) is 1. The number of methoxy groups -OCH3 is 1. The van der Waals surface area contributed by atoms with E-state index >= 15 is 0 Å². The summed E-state index contributed by atoms with van der Waals surface area (Å²) in [7, 11) is 1.53. The SMILES string of the molecule is COCCn1cc(C(=O)Nc2ccc(C(F)(F)F)cc2)c2nn(-c3ccccc3)c(=O)c-2c1. The number of hydrogen-bond donors (Lipinski definition) is 1. The number of hydrogen-bond acceptors (Lipinski definition) is 4. The van der Waals surface area contributed by atoms with E-state index in [1.807, 2.05) is 0 Å². The number of nitrogens with zero attached hydrogens (tertiary/aromatic N) is 3. The maximum atomic E-state index is 13.1. The topological polar surface area (TPSA) is 78.2 Å². The number of rotatable bonds is 6. The van der Waals surface area contributed by atoms with Gasteiger partial charge in [-0.1, -0.05) is 18.2 Å². The van der Waals surface area contributed by atoms with Gasteiger partial charge in [0.2, 0.25) is 0 Å². The highest BCUT2D eigenvalue weighted by Gasteiger charge is 2.30. The van der Waals surface area contributed by atoms with E-state index in [0.29, 0.717) is 18.8 Å². The molecular weight excluding hydrogens is 437 g/mol. The van der Waals surface area contributed by atoms with Crippen LogP contribution < -0.4 is 10.9 Å². The molecule has 2 aliphatic heterocycles. The molecule has 0 saturated heterocycles. The molecule has 0 unspecified atom stereocenters. The van der Waals surface area contributed by atoms with E-state index in [4.69, 9.17) is 4.74 Å². The third kappa shape index (κ3) is 4.65. The molecule has 2 aromatic rings. The molecule has 10 heteroatoms. The Bertz CT molecular complexity index is 1300. The van der Waals surface area contributed by atoms with Crippen LogP contribution in [0.4, 0.5) is 18.9 Å². The van der Waals surface area contributed by atoms with Crippen LogP contribution in [0.15, 0.2) is 71.8 Å². The molecule has 0 aliphatic carbocycles. The van der Waals surface area contributed by atoms with E-state index in [9.17, 15) is 22.8 Å². The molecular formula is C23H19F3N4O3. The first kappa shape index (κ1) is 22.3. The third-order valence-electron chi connectivity index (χ3n) is 4.99. The van der Waals surface area contributed by atoms with Crippen molar-refractivity contribution >= 4 is 11.6 Å². The van der Waals surface area contributed by atoms with Crippen molar-refractivity contribution in [3.8, 4) is 16.9 Å². The number of fused-ring (bicyclic) bond motifs is 1. The minimum Gasteiger partial charge on any atom is -0.383 e. The van der Waals surface area contributed by atoms with Gasteiger partial charge in [0.1, 0.15) is 5.69 Å². The number of carbonyl (C=O) groups is 1. The van der Waals surface area contributed by atoms with Crippen LogP contribution in [0.25, 0.3) is 16.9 Å². The highest BCUT2D eigenvalue weighted by atomic mass is 19.4. The molecule has 1 N–H and O–H groups in total. The quantitative estimate of drug-likeness (QED) is 0.475. The summed E-state index contributed by atoms with van der Waals surface area (Å²) in [5, 5.41) is 6.94. The fourth-order valence-electron chi connectivity index (χ4n) is 3.34. The first-order valence-corrected chi connectivity index (χ1v) is 9.93. The molecule has 0 fully saturated rings. The van der Waals surface area contributed by atoms with Crippen LogP contribution in [0, 0.1) is 0 Å². The Labute approximate surface area is 186 Å². The van der Waals surface area contributed by atoms with Crippen molar-refractivity contribution < 1.29 is 22.7 Å². The van der Waals surface area contributed by atoms with Gasteiger partial charge in [-0.25, -0.2) is 0 Å². The highest BCUT2D eigenvalue weighted by Crippen LogP contribution is 2.30. The van der Waals surface area contributed by atoms with Gasteiger partial charge in [-0.3, -0.25) is 9.59 Å². The van der Waals surface area contributed by atoms with Crippen LogP contribution in [0.1, 0.15) is 15.9 Å². The third-order valence-corrected chi connectivity index (χ3v) is 4.99. The van der Waals surface area contributed by atoms with Crippen LogP contribution in [0.3, 0.4) is 0 Å². The summed E-state index contributed by atoms with van der Waals surface area (Å²) >= 11 is 0. The molecule has 0 aromatic heterocycles. The van der Waals surface area contributed by atoms with E-state index in [1.165, 1.54) is 30.1 Å². The molecule has 2 heterocycles. The van der Waals surface area contributed by atoms with E-state index in [1.54, 1.807) is 41.1 Å². The molecule has 170 valence electrons. The van der Waals surface area contributed by atoms with Crippen molar-refractivity contribution in [1.82, 2.24) is 14.3 Å². The van der Waals surface area contributed by atoms with Gasteiger partial charge in [0.05, 0.1) is 29.0 Å². The average molecular weight is 456 g/mol. The predicted molar refractivity (Wildman–Crippen MR) is 116 cm³/mol. The van der Waals surface area contributed by atoms with Crippen molar-refractivity contribution in [1.29, 1.82) is 0 Å². The normalized spacial score (nSPS) is 11.6. The zero-order chi connectivity index (χ0) is 23.6. The summed E-state index contributed by atoms with van der Waals surface area (Å²) < 4.78 is 46.4. The van der Waals surface area contributed by atoms with Gasteiger partial charge in [-0.2, -0.15) is 23.0 Å². The number of pyridine rings is 1. The number of aromatic nitrogens is 3. The van der Waals surface area contributed by atoms with Gasteiger partial charge in [0, 0.05) is 31.7 Å². The highest BCUT2D eigenvalue weighted by molar-refractivity contribution is 6.08. The molecule has 0 spiro atoms. The second kappa shape index (κ2) is 8.91. The summed E-state index contributed by atoms with van der Waals surface area (Å²) in [4.78, 5) is 26.1. The standard InChI is InChI=1S/C23H19F3N4O3/c1-33-12-11-29-13-18(21(31)27-16-9-7-15(8-10-16)23(24,25)26)20-19(14-29)22(32)30(28-20)17-5-3-2-4-6-17/h2-10,13-14H,11-12H2,1H3,(H,27,31). The fourth-order valence-corrected chi connectivity index (χ4v) is 3.34. The van der Waals surface area contributed by atoms with E-state index < -0.39 is 23.2 Å². The fraction of sp³-hybridized carbons (Fsp3) is 0.174. The van der Waals surface area contributed by atoms with Crippen LogP contribution in [-0.4, -0.2) is 34.0 Å². The first-order valence-electron chi connectivity index (χ1n) is 9.93. The summed E-state index contributed by atoms with van der Waals surface area (Å²) in [6, 6.07) is 12.9. The van der Waals surface area contributed by atoms with Gasteiger partial charge in [0.25, 0.3) is 11.5 Å². The lowest BCUT2D eigenvalue weighted by Gasteiger charge is -2.13. The number of ether oxygens (including phenoxy) is 1. The van der Waals surface area contributed by atoms with Crippen LogP contribution >= 0.6 is 0 Å². The van der Waals surface area contributed by atoms with Crippen LogP contribution in [0.2, 0.25) is 0 Å². The average Bonchev–Trinajstić information content (AvgIpc) is 3.14. The lowest BCUT2D eigenvalue weighted by molar-refractivity contribution is -0.137. The van der Waals surface area contributed by atoms with Crippen molar-refractivity contribution in [3.63, 3.8) is 0 Å². The van der Waals surface area contributed by atoms with Gasteiger partial charge in [-0.05, 0) is 36.4 Å². The number of halogens is 3. The Balaban J connectivity index is 1.74. The molecule has 33 heavy (non-hydrogen) atoms. The van der Waals surface area contributed by atoms with E-state index in [0.717, 1.165) is 12.1 Å². The number of carbonyl (C=O) groups excluding carboxylic acids is 1. The van der Waals surface area contributed by atoms with E-state index in [-0.39, 0.29) is 22.5 Å². The molecule has 0 bridgehead atoms. The van der Waals surface area contributed by atoms with Crippen LogP contribution in [0.5, 0.6) is 0 Å². The Morgan fingerprint density at radius 1 is 1.06 bits per heavy atom. The smallest absolute Gasteiger partial charge is 0.383 e. The van der Waals surface area contributed by atoms with Crippen molar-refractivity contribution in [2.75, 3.05) is 19.0 Å². The molecule has 1 amide bonds. The summed E-state index contributed by atoms with van der Waals surface area (Å²) in [6.45, 7) is 0.722. The molecule has 0 radical (unpaired) electrons. The second-order valence-corrected chi connectivity index (χ2v) is 7.25. The minimum atomic E-state index is -4.48. The first-order chi connectivity index (χ1) is 15.8. The second-order valence-electron chi connectivity index (χ2n) is 7.25. The molecule has 2 aliphatic rings. The Morgan fingerprint density at radius 3 is 2.39 bits per heavy atom. The van der Waals surface area contributed by atoms with Gasteiger partial charge in [0.15, 0.2) is 0 Å². The number of para-hydroxylation sites is 1. The predicted octanol–water partition coefficient (Wildman–Crippen LogP) is 4.06. The number of anilines is 1. The Hall–Kier alpha value is -3.92. The lowest BCUT2D eigenvalue weighted by Crippen LogP contribution is -2.18. The Kier molecular flexibility index (Phi) is 6.01. The van der Waals surface area contributed by atoms with Crippen molar-refractivity contribution in [3.05, 3.63) is 88.5 Å². The van der Waals surface area contributed by atoms with Crippen molar-refractivity contribution in [2.24, 2.45) is 0 Å². The zero-order valence-electron chi connectivity index (χ0n) is 17.5. The Morgan fingerprint density at radius 2 is 1.76 bits per heavy atom. The maximum absolute atomic E-state index is 13.1. The zero-order valence-corrected chi connectivity index (χ0v) is 17.5. The number of alkyl halides is 3. The molecule has 2 aromatic carbocycles. The summed E-state index contributed by atoms with van der Waals surface area (Å²) in [5.41, 5.74) is 0.0194. The van der Waals surface area contributed by atoms with Crippen LogP contribution in [-0.2, 0) is 17.5 Å². The number of benzene rings is 2. The molecule has 0 atom stereocenters. The van der Waals surface area contributed by atoms with Gasteiger partial charge < -0.3 is 14.6 Å². The van der Waals surface area contributed by atoms with Gasteiger partial charge >= 0.3 is 6.18 Å². The largest absolute Gasteiger partial charge is 0.416 e. The lowest BCUT2D eigenvalue weighted by atomic mass is 10.1. The maximum Gasteiger partial charge on any atom is 0.416 e.